The Hall–Kier alpha value is -4.03. The van der Waals surface area contributed by atoms with Crippen molar-refractivity contribution >= 4 is 34.7 Å². The third-order valence-corrected chi connectivity index (χ3v) is 7.56. The third-order valence-electron chi connectivity index (χ3n) is 7.27. The fourth-order valence-electron chi connectivity index (χ4n) is 5.24. The van der Waals surface area contributed by atoms with Gasteiger partial charge in [0, 0.05) is 42.9 Å². The van der Waals surface area contributed by atoms with Gasteiger partial charge in [-0.15, -0.1) is 0 Å². The maximum Gasteiger partial charge on any atom is 0.247 e. The summed E-state index contributed by atoms with van der Waals surface area (Å²) >= 11 is 5.98. The van der Waals surface area contributed by atoms with E-state index in [1.807, 2.05) is 32.2 Å². The van der Waals surface area contributed by atoms with E-state index < -0.39 is 5.82 Å². The number of carbonyl (C=O) groups is 2. The van der Waals surface area contributed by atoms with E-state index in [0.717, 1.165) is 17.0 Å². The second-order valence-electron chi connectivity index (χ2n) is 9.68. The summed E-state index contributed by atoms with van der Waals surface area (Å²) in [5.41, 5.74) is 3.59. The number of benzene rings is 1. The fourth-order valence-corrected chi connectivity index (χ4v) is 5.39. The van der Waals surface area contributed by atoms with Crippen LogP contribution in [0.15, 0.2) is 42.7 Å². The van der Waals surface area contributed by atoms with Gasteiger partial charge in [0.15, 0.2) is 5.82 Å². The Morgan fingerprint density at radius 3 is 2.82 bits per heavy atom. The number of pyridine rings is 1. The molecule has 2 aromatic heterocycles. The van der Waals surface area contributed by atoms with Crippen LogP contribution in [0, 0.1) is 23.1 Å². The predicted octanol–water partition coefficient (Wildman–Crippen LogP) is 5.26. The van der Waals surface area contributed by atoms with E-state index in [9.17, 15) is 19.2 Å². The minimum Gasteiger partial charge on any atom is -0.330 e. The van der Waals surface area contributed by atoms with Gasteiger partial charge in [0.2, 0.25) is 11.8 Å². The number of carbonyl (C=O) groups excluding carboxylic acids is 2. The molecule has 0 radical (unpaired) electrons. The molecule has 2 atom stereocenters. The molecule has 8 nitrogen and oxygen atoms in total. The average molecular weight is 533 g/mol. The highest BCUT2D eigenvalue weighted by Gasteiger charge is 2.31. The van der Waals surface area contributed by atoms with E-state index in [1.54, 1.807) is 22.0 Å². The molecule has 10 heteroatoms. The number of rotatable bonds is 2. The summed E-state index contributed by atoms with van der Waals surface area (Å²) in [5.74, 6) is -1.29. The van der Waals surface area contributed by atoms with Crippen LogP contribution in [-0.2, 0) is 16.6 Å². The van der Waals surface area contributed by atoms with Gasteiger partial charge in [-0.05, 0) is 49.1 Å². The number of hydrogen-bond donors (Lipinski definition) is 1. The lowest BCUT2D eigenvalue weighted by Gasteiger charge is -2.34. The molecule has 0 saturated carbocycles. The van der Waals surface area contributed by atoms with Gasteiger partial charge < -0.3 is 10.2 Å². The highest BCUT2D eigenvalue weighted by molar-refractivity contribution is 6.31. The molecule has 2 aliphatic rings. The predicted molar refractivity (Wildman–Crippen MR) is 141 cm³/mol. The van der Waals surface area contributed by atoms with Crippen LogP contribution in [0.25, 0.3) is 16.8 Å². The monoisotopic (exact) mass is 532 g/mol. The van der Waals surface area contributed by atoms with E-state index >= 15 is 0 Å². The van der Waals surface area contributed by atoms with Crippen molar-refractivity contribution < 1.29 is 14.0 Å². The summed E-state index contributed by atoms with van der Waals surface area (Å²) in [6.07, 6.45) is 7.03. The highest BCUT2D eigenvalue weighted by atomic mass is 35.5. The number of anilines is 1. The summed E-state index contributed by atoms with van der Waals surface area (Å²) in [4.78, 5) is 32.7. The maximum atomic E-state index is 14.9. The van der Waals surface area contributed by atoms with Gasteiger partial charge in [0.1, 0.15) is 0 Å². The summed E-state index contributed by atoms with van der Waals surface area (Å²) in [6, 6.07) is 8.24. The smallest absolute Gasteiger partial charge is 0.247 e. The molecule has 38 heavy (non-hydrogen) atoms. The zero-order chi connectivity index (χ0) is 27.0. The Morgan fingerprint density at radius 2 is 2.05 bits per heavy atom. The molecule has 2 unspecified atom stereocenters. The third kappa shape index (κ3) is 4.68. The molecule has 2 amide bonds. The molecule has 0 spiro atoms. The molecule has 2 bridgehead atoms. The fraction of sp³-hybridized carbons (Fsp3) is 0.321. The molecule has 194 valence electrons. The van der Waals surface area contributed by atoms with Gasteiger partial charge >= 0.3 is 0 Å². The van der Waals surface area contributed by atoms with E-state index in [-0.39, 0.29) is 39.9 Å². The Kier molecular flexibility index (Phi) is 7.00. The summed E-state index contributed by atoms with van der Waals surface area (Å²) in [7, 11) is 1.81. The van der Waals surface area contributed by atoms with Gasteiger partial charge in [0.25, 0.3) is 0 Å². The molecule has 0 saturated heterocycles. The van der Waals surface area contributed by atoms with Crippen molar-refractivity contribution in [1.29, 1.82) is 5.26 Å². The van der Waals surface area contributed by atoms with Gasteiger partial charge in [-0.25, -0.2) is 4.39 Å². The first-order valence-corrected chi connectivity index (χ1v) is 12.8. The minimum atomic E-state index is -0.696. The van der Waals surface area contributed by atoms with E-state index in [4.69, 9.17) is 11.6 Å². The second-order valence-corrected chi connectivity index (χ2v) is 10.1. The molecular formula is C28H26ClFN6O2. The minimum absolute atomic E-state index is 0.0791. The van der Waals surface area contributed by atoms with Gasteiger partial charge in [-0.2, -0.15) is 10.4 Å². The number of fused-ring (bicyclic) bond motifs is 4. The number of nitrogens with one attached hydrogen (secondary N) is 1. The van der Waals surface area contributed by atoms with Crippen molar-refractivity contribution in [3.05, 3.63) is 70.4 Å². The van der Waals surface area contributed by atoms with Crippen molar-refractivity contribution in [3.8, 4) is 17.3 Å². The molecule has 0 aliphatic carbocycles. The first-order chi connectivity index (χ1) is 18.3. The Labute approximate surface area is 224 Å². The number of nitrogens with zero attached hydrogens (tertiary/aromatic N) is 5. The maximum absolute atomic E-state index is 14.9. The number of halogens is 2. The van der Waals surface area contributed by atoms with Crippen LogP contribution in [0.1, 0.15) is 55.5 Å². The number of aryl methyl sites for hydroxylation is 1. The van der Waals surface area contributed by atoms with Crippen molar-refractivity contribution in [3.63, 3.8) is 0 Å². The van der Waals surface area contributed by atoms with Crippen LogP contribution in [0.5, 0.6) is 0 Å². The van der Waals surface area contributed by atoms with Crippen molar-refractivity contribution in [2.75, 3.05) is 11.9 Å². The lowest BCUT2D eigenvalue weighted by atomic mass is 9.92. The van der Waals surface area contributed by atoms with E-state index in [2.05, 4.69) is 15.4 Å². The standard InChI is InChI=1S/C28H26ClFN6O2/c1-16-4-3-5-23(21-12-18(8-10-32-21)27-22(34-28(16)38)15-33-35(27)2)36-11-9-17(13-24(36)37)25-19(14-31)6-7-20(29)26(25)30/h6-8,10,12-13,15-16,23H,3-5,9,11H2,1-2H3,(H,34,38). The van der Waals surface area contributed by atoms with Gasteiger partial charge in [-0.1, -0.05) is 24.9 Å². The highest BCUT2D eigenvalue weighted by Crippen LogP contribution is 2.37. The SMILES string of the molecule is CC1CCCC(N2CCC(c3c(C#N)ccc(Cl)c3F)=CC2=O)c2cc(ccn2)-c2c(cnn2C)NC1=O. The molecular weight excluding hydrogens is 507 g/mol. The average Bonchev–Trinajstić information content (AvgIpc) is 3.27. The first-order valence-electron chi connectivity index (χ1n) is 12.5. The van der Waals surface area contributed by atoms with Crippen LogP contribution in [0.4, 0.5) is 10.1 Å². The molecule has 0 fully saturated rings. The molecule has 5 rings (SSSR count). The lowest BCUT2D eigenvalue weighted by molar-refractivity contribution is -0.129. The molecule has 1 N–H and O–H groups in total. The number of amides is 2. The van der Waals surface area contributed by atoms with Crippen molar-refractivity contribution in [2.45, 2.75) is 38.6 Å². The van der Waals surface area contributed by atoms with Crippen LogP contribution in [-0.4, -0.2) is 38.0 Å². The Balaban J connectivity index is 1.54. The van der Waals surface area contributed by atoms with E-state index in [1.165, 1.54) is 18.2 Å². The van der Waals surface area contributed by atoms with E-state index in [0.29, 0.717) is 43.5 Å². The topological polar surface area (TPSA) is 104 Å². The van der Waals surface area contributed by atoms with Crippen LogP contribution in [0.3, 0.4) is 0 Å². The van der Waals surface area contributed by atoms with Gasteiger partial charge in [-0.3, -0.25) is 19.3 Å². The first kappa shape index (κ1) is 25.6. The molecule has 4 heterocycles. The number of aromatic nitrogens is 3. The lowest BCUT2D eigenvalue weighted by Crippen LogP contribution is -2.38. The largest absolute Gasteiger partial charge is 0.330 e. The number of hydrogen-bond acceptors (Lipinski definition) is 5. The summed E-state index contributed by atoms with van der Waals surface area (Å²) < 4.78 is 16.6. The number of nitriles is 1. The van der Waals surface area contributed by atoms with Crippen LogP contribution < -0.4 is 5.32 Å². The van der Waals surface area contributed by atoms with Crippen molar-refractivity contribution in [1.82, 2.24) is 19.7 Å². The van der Waals surface area contributed by atoms with Gasteiger partial charge in [0.05, 0.1) is 46.0 Å². The second kappa shape index (κ2) is 10.4. The van der Waals surface area contributed by atoms with Crippen molar-refractivity contribution in [2.24, 2.45) is 13.0 Å². The summed E-state index contributed by atoms with van der Waals surface area (Å²) in [5, 5.41) is 16.7. The normalized spacial score (nSPS) is 20.0. The zero-order valence-electron chi connectivity index (χ0n) is 21.0. The van der Waals surface area contributed by atoms with Crippen LogP contribution in [0.2, 0.25) is 5.02 Å². The zero-order valence-corrected chi connectivity index (χ0v) is 21.8. The molecule has 2 aliphatic heterocycles. The Bertz CT molecular complexity index is 1510. The van der Waals surface area contributed by atoms with Crippen LogP contribution >= 0.6 is 11.6 Å². The Morgan fingerprint density at radius 1 is 1.24 bits per heavy atom. The summed E-state index contributed by atoms with van der Waals surface area (Å²) in [6.45, 7) is 2.21. The quantitative estimate of drug-likeness (QED) is 0.484. The molecule has 3 aromatic rings. The molecule has 1 aromatic carbocycles.